The minimum absolute atomic E-state index is 0.820. The first kappa shape index (κ1) is 18.7. The number of aryl methyl sites for hydroxylation is 1. The second kappa shape index (κ2) is 11.0. The van der Waals surface area contributed by atoms with Gasteiger partial charge in [-0.05, 0) is 30.9 Å². The van der Waals surface area contributed by atoms with Gasteiger partial charge >= 0.3 is 0 Å². The van der Waals surface area contributed by atoms with Crippen molar-refractivity contribution in [2.24, 2.45) is 4.99 Å². The van der Waals surface area contributed by atoms with Crippen LogP contribution in [0.2, 0.25) is 0 Å². The predicted molar refractivity (Wildman–Crippen MR) is 101 cm³/mol. The molecule has 2 rings (SSSR count). The first-order chi connectivity index (χ1) is 11.8. The summed E-state index contributed by atoms with van der Waals surface area (Å²) in [5.41, 5.74) is 2.76. The number of hydrogen-bond donors (Lipinski definition) is 2. The number of rotatable bonds is 8. The molecule has 0 aliphatic carbocycles. The lowest BCUT2D eigenvalue weighted by atomic mass is 10.1. The first-order valence-electron chi connectivity index (χ1n) is 9.22. The van der Waals surface area contributed by atoms with E-state index < -0.39 is 0 Å². The molecule has 0 saturated carbocycles. The molecule has 1 aromatic carbocycles. The zero-order valence-electron chi connectivity index (χ0n) is 15.2. The molecule has 0 bridgehead atoms. The van der Waals surface area contributed by atoms with Crippen LogP contribution < -0.4 is 10.6 Å². The smallest absolute Gasteiger partial charge is 0.191 e. The van der Waals surface area contributed by atoms with Crippen LogP contribution in [-0.4, -0.2) is 63.3 Å². The fourth-order valence-corrected chi connectivity index (χ4v) is 2.74. The average molecular weight is 332 g/mol. The second-order valence-electron chi connectivity index (χ2n) is 6.06. The van der Waals surface area contributed by atoms with Gasteiger partial charge < -0.3 is 15.4 Å². The lowest BCUT2D eigenvalue weighted by Crippen LogP contribution is -2.40. The Hall–Kier alpha value is -1.59. The molecule has 1 aliphatic rings. The van der Waals surface area contributed by atoms with Crippen molar-refractivity contribution in [3.05, 3.63) is 35.4 Å². The molecule has 134 valence electrons. The maximum Gasteiger partial charge on any atom is 0.191 e. The molecule has 0 radical (unpaired) electrons. The molecule has 1 heterocycles. The van der Waals surface area contributed by atoms with E-state index in [-0.39, 0.29) is 0 Å². The number of benzene rings is 1. The van der Waals surface area contributed by atoms with E-state index in [0.29, 0.717) is 0 Å². The Balaban J connectivity index is 1.71. The maximum absolute atomic E-state index is 5.37. The highest BCUT2D eigenvalue weighted by Crippen LogP contribution is 2.05. The van der Waals surface area contributed by atoms with Crippen LogP contribution in [-0.2, 0) is 17.6 Å². The Morgan fingerprint density at radius 1 is 1.08 bits per heavy atom. The van der Waals surface area contributed by atoms with Crippen molar-refractivity contribution < 1.29 is 4.74 Å². The van der Waals surface area contributed by atoms with Gasteiger partial charge in [0, 0.05) is 32.7 Å². The van der Waals surface area contributed by atoms with E-state index in [1.54, 1.807) is 0 Å². The Labute approximate surface area is 146 Å². The van der Waals surface area contributed by atoms with E-state index in [0.717, 1.165) is 71.3 Å². The summed E-state index contributed by atoms with van der Waals surface area (Å²) >= 11 is 0. The van der Waals surface area contributed by atoms with Crippen molar-refractivity contribution in [2.45, 2.75) is 26.7 Å². The zero-order valence-corrected chi connectivity index (χ0v) is 15.2. The largest absolute Gasteiger partial charge is 0.379 e. The quantitative estimate of drug-likeness (QED) is 0.562. The molecule has 1 aliphatic heterocycles. The normalized spacial score (nSPS) is 16.2. The summed E-state index contributed by atoms with van der Waals surface area (Å²) in [7, 11) is 0. The summed E-state index contributed by atoms with van der Waals surface area (Å²) in [6, 6.07) is 8.89. The molecule has 1 saturated heterocycles. The highest BCUT2D eigenvalue weighted by Gasteiger charge is 2.09. The molecule has 0 amide bonds. The van der Waals surface area contributed by atoms with Crippen LogP contribution in [0.15, 0.2) is 29.3 Å². The third kappa shape index (κ3) is 6.89. The number of nitrogens with zero attached hydrogens (tertiary/aromatic N) is 2. The van der Waals surface area contributed by atoms with E-state index in [4.69, 9.17) is 4.74 Å². The average Bonchev–Trinajstić information content (AvgIpc) is 2.63. The topological polar surface area (TPSA) is 48.9 Å². The van der Waals surface area contributed by atoms with Gasteiger partial charge in [-0.15, -0.1) is 0 Å². The van der Waals surface area contributed by atoms with Gasteiger partial charge in [0.2, 0.25) is 0 Å². The van der Waals surface area contributed by atoms with Gasteiger partial charge in [0.15, 0.2) is 5.96 Å². The number of morpholine rings is 1. The first-order valence-corrected chi connectivity index (χ1v) is 9.22. The summed E-state index contributed by atoms with van der Waals surface area (Å²) in [5.74, 6) is 0.913. The fourth-order valence-electron chi connectivity index (χ4n) is 2.74. The fraction of sp³-hybridized carbons (Fsp3) is 0.632. The summed E-state index contributed by atoms with van der Waals surface area (Å²) in [6.07, 6.45) is 2.11. The Bertz CT molecular complexity index is 481. The molecule has 1 aromatic rings. The summed E-state index contributed by atoms with van der Waals surface area (Å²) in [6.45, 7) is 11.6. The molecule has 5 heteroatoms. The number of ether oxygens (including phenoxy) is 1. The summed E-state index contributed by atoms with van der Waals surface area (Å²) in [5, 5.41) is 6.75. The lowest BCUT2D eigenvalue weighted by molar-refractivity contribution is 0.0394. The van der Waals surface area contributed by atoms with Gasteiger partial charge in [-0.1, -0.05) is 31.2 Å². The lowest BCUT2D eigenvalue weighted by Gasteiger charge is -2.25. The van der Waals surface area contributed by atoms with Crippen LogP contribution in [0.4, 0.5) is 0 Å². The van der Waals surface area contributed by atoms with Crippen molar-refractivity contribution >= 4 is 5.96 Å². The van der Waals surface area contributed by atoms with Gasteiger partial charge in [-0.2, -0.15) is 0 Å². The molecule has 0 atom stereocenters. The molecule has 24 heavy (non-hydrogen) atoms. The van der Waals surface area contributed by atoms with Crippen molar-refractivity contribution in [3.63, 3.8) is 0 Å². The van der Waals surface area contributed by atoms with Gasteiger partial charge in [-0.3, -0.25) is 9.89 Å². The minimum atomic E-state index is 0.820. The van der Waals surface area contributed by atoms with Crippen LogP contribution in [0.3, 0.4) is 0 Å². The van der Waals surface area contributed by atoms with E-state index >= 15 is 0 Å². The second-order valence-corrected chi connectivity index (χ2v) is 6.06. The standard InChI is InChI=1S/C19H32N4O/c1-3-17-5-7-18(8-6-17)9-10-21-19(20-4-2)22-11-12-23-13-15-24-16-14-23/h5-8H,3-4,9-16H2,1-2H3,(H2,20,21,22). The van der Waals surface area contributed by atoms with Crippen LogP contribution in [0, 0.1) is 0 Å². The molecule has 0 aromatic heterocycles. The van der Waals surface area contributed by atoms with Crippen LogP contribution in [0.25, 0.3) is 0 Å². The molecule has 1 fully saturated rings. The van der Waals surface area contributed by atoms with E-state index in [1.807, 2.05) is 0 Å². The summed E-state index contributed by atoms with van der Waals surface area (Å²) in [4.78, 5) is 7.09. The van der Waals surface area contributed by atoms with Crippen molar-refractivity contribution in [2.75, 3.05) is 52.5 Å². The molecular formula is C19H32N4O. The number of guanidine groups is 1. The monoisotopic (exact) mass is 332 g/mol. The number of hydrogen-bond acceptors (Lipinski definition) is 3. The Morgan fingerprint density at radius 2 is 1.79 bits per heavy atom. The molecule has 2 N–H and O–H groups in total. The van der Waals surface area contributed by atoms with Gasteiger partial charge in [0.25, 0.3) is 0 Å². The molecule has 5 nitrogen and oxygen atoms in total. The number of aliphatic imine (C=N–C) groups is 1. The Morgan fingerprint density at radius 3 is 2.46 bits per heavy atom. The highest BCUT2D eigenvalue weighted by molar-refractivity contribution is 5.79. The molecule has 0 spiro atoms. The highest BCUT2D eigenvalue weighted by atomic mass is 16.5. The maximum atomic E-state index is 5.37. The van der Waals surface area contributed by atoms with E-state index in [2.05, 4.69) is 58.6 Å². The van der Waals surface area contributed by atoms with Crippen molar-refractivity contribution in [1.29, 1.82) is 0 Å². The number of nitrogens with one attached hydrogen (secondary N) is 2. The van der Waals surface area contributed by atoms with Gasteiger partial charge in [0.1, 0.15) is 0 Å². The third-order valence-corrected chi connectivity index (χ3v) is 4.27. The van der Waals surface area contributed by atoms with Gasteiger partial charge in [-0.25, -0.2) is 0 Å². The minimum Gasteiger partial charge on any atom is -0.379 e. The SMILES string of the molecule is CCNC(=NCCN1CCOCC1)NCCc1ccc(CC)cc1. The van der Waals surface area contributed by atoms with E-state index in [1.165, 1.54) is 11.1 Å². The zero-order chi connectivity index (χ0) is 17.0. The third-order valence-electron chi connectivity index (χ3n) is 4.27. The van der Waals surface area contributed by atoms with Crippen LogP contribution in [0.1, 0.15) is 25.0 Å². The Kier molecular flexibility index (Phi) is 8.63. The van der Waals surface area contributed by atoms with E-state index in [9.17, 15) is 0 Å². The predicted octanol–water partition coefficient (Wildman–Crippen LogP) is 1.68. The summed E-state index contributed by atoms with van der Waals surface area (Å²) < 4.78 is 5.37. The molecule has 0 unspecified atom stereocenters. The molecular weight excluding hydrogens is 300 g/mol. The van der Waals surface area contributed by atoms with Crippen molar-refractivity contribution in [1.82, 2.24) is 15.5 Å². The van der Waals surface area contributed by atoms with Crippen molar-refractivity contribution in [3.8, 4) is 0 Å². The van der Waals surface area contributed by atoms with Gasteiger partial charge in [0.05, 0.1) is 19.8 Å². The van der Waals surface area contributed by atoms with Crippen LogP contribution in [0.5, 0.6) is 0 Å². The van der Waals surface area contributed by atoms with Crippen LogP contribution >= 0.6 is 0 Å².